The molecule has 0 radical (unpaired) electrons. The number of carbonyl (C=O) groups excluding carboxylic acids is 3. The van der Waals surface area contributed by atoms with E-state index in [1.807, 2.05) is 18.2 Å². The van der Waals surface area contributed by atoms with E-state index in [0.717, 1.165) is 0 Å². The zero-order valence-electron chi connectivity index (χ0n) is 15.8. The van der Waals surface area contributed by atoms with E-state index in [1.54, 1.807) is 38.1 Å². The molecule has 1 saturated carbocycles. The van der Waals surface area contributed by atoms with Crippen molar-refractivity contribution in [3.05, 3.63) is 42.5 Å². The van der Waals surface area contributed by atoms with Crippen LogP contribution in [0.15, 0.2) is 42.5 Å². The molecule has 0 aromatic heterocycles. The molecule has 0 spiro atoms. The van der Waals surface area contributed by atoms with Gasteiger partial charge in [0.2, 0.25) is 17.4 Å². The lowest BCUT2D eigenvalue weighted by Gasteiger charge is -2.50. The van der Waals surface area contributed by atoms with Crippen molar-refractivity contribution in [2.24, 2.45) is 23.7 Å². The van der Waals surface area contributed by atoms with Gasteiger partial charge in [-0.1, -0.05) is 30.4 Å². The predicted molar refractivity (Wildman–Crippen MR) is 96.8 cm³/mol. The van der Waals surface area contributed by atoms with Crippen LogP contribution in [0.1, 0.15) is 13.8 Å². The van der Waals surface area contributed by atoms with Crippen molar-refractivity contribution in [2.75, 3.05) is 12.0 Å². The monoisotopic (exact) mass is 383 g/mol. The molecule has 2 aliphatic heterocycles. The number of para-hydroxylation sites is 1. The minimum Gasteiger partial charge on any atom is -0.467 e. The molecule has 5 aliphatic rings. The number of amides is 2. The van der Waals surface area contributed by atoms with Gasteiger partial charge in [-0.25, -0.2) is 4.79 Å². The highest BCUT2D eigenvalue weighted by molar-refractivity contribution is 6.23. The van der Waals surface area contributed by atoms with Gasteiger partial charge in [-0.3, -0.25) is 14.5 Å². The summed E-state index contributed by atoms with van der Waals surface area (Å²) in [7, 11) is 1.30. The van der Waals surface area contributed by atoms with E-state index in [4.69, 9.17) is 14.2 Å². The number of hydrogen-bond donors (Lipinski definition) is 0. The first kappa shape index (κ1) is 17.6. The Labute approximate surface area is 162 Å². The zero-order chi connectivity index (χ0) is 19.8. The third-order valence-electron chi connectivity index (χ3n) is 6.35. The quantitative estimate of drug-likeness (QED) is 0.439. The number of imide groups is 1. The Morgan fingerprint density at radius 1 is 1.07 bits per heavy atom. The highest BCUT2D eigenvalue weighted by Crippen LogP contribution is 2.60. The first-order valence-corrected chi connectivity index (χ1v) is 9.39. The van der Waals surface area contributed by atoms with Gasteiger partial charge >= 0.3 is 5.97 Å². The van der Waals surface area contributed by atoms with Crippen molar-refractivity contribution in [3.8, 4) is 0 Å². The fraction of sp³-hybridized carbons (Fsp3) is 0.476. The Hall–Kier alpha value is -2.51. The molecule has 2 saturated heterocycles. The second-order valence-electron chi connectivity index (χ2n) is 8.21. The minimum atomic E-state index is -1.43. The van der Waals surface area contributed by atoms with Crippen LogP contribution < -0.4 is 4.90 Å². The summed E-state index contributed by atoms with van der Waals surface area (Å²) >= 11 is 0. The standard InChI is InChI=1S/C21H21NO6/c1-20(2)27-16-12-9-10-13(21(16,28-20)19(25)26-3)15-14(12)17(23)22(18(15)24)11-7-5-4-6-8-11/h4-10,12-16H,1-3H3/t12-,13+,14-,15+,16-,21+/m1/s1. The van der Waals surface area contributed by atoms with Crippen LogP contribution in [0.4, 0.5) is 5.69 Å². The topological polar surface area (TPSA) is 82.1 Å². The van der Waals surface area contributed by atoms with Gasteiger partial charge < -0.3 is 14.2 Å². The highest BCUT2D eigenvalue weighted by Gasteiger charge is 2.76. The molecule has 7 heteroatoms. The summed E-state index contributed by atoms with van der Waals surface area (Å²) < 4.78 is 17.3. The Bertz CT molecular complexity index is 909. The number of carbonyl (C=O) groups is 3. The molecule has 3 aliphatic carbocycles. The number of rotatable bonds is 2. The second kappa shape index (κ2) is 5.52. The summed E-state index contributed by atoms with van der Waals surface area (Å²) in [5.74, 6) is -4.50. The fourth-order valence-electron chi connectivity index (χ4n) is 5.47. The summed E-state index contributed by atoms with van der Waals surface area (Å²) in [4.78, 5) is 40.8. The Kier molecular flexibility index (Phi) is 3.46. The van der Waals surface area contributed by atoms with Crippen LogP contribution in [0, 0.1) is 23.7 Å². The number of methoxy groups -OCH3 is 1. The first-order valence-electron chi connectivity index (χ1n) is 9.39. The molecule has 1 aromatic carbocycles. The summed E-state index contributed by atoms with van der Waals surface area (Å²) in [6.45, 7) is 3.45. The van der Waals surface area contributed by atoms with Gasteiger partial charge in [0.1, 0.15) is 6.10 Å². The van der Waals surface area contributed by atoms with Crippen LogP contribution in [0.3, 0.4) is 0 Å². The van der Waals surface area contributed by atoms with E-state index in [1.165, 1.54) is 12.0 Å². The molecule has 6 atom stereocenters. The lowest BCUT2D eigenvalue weighted by atomic mass is 9.55. The van der Waals surface area contributed by atoms with Crippen LogP contribution >= 0.6 is 0 Å². The van der Waals surface area contributed by atoms with E-state index >= 15 is 0 Å². The van der Waals surface area contributed by atoms with Crippen LogP contribution in [0.5, 0.6) is 0 Å². The molecule has 7 nitrogen and oxygen atoms in total. The molecule has 3 fully saturated rings. The lowest BCUT2D eigenvalue weighted by Crippen LogP contribution is -2.66. The zero-order valence-corrected chi connectivity index (χ0v) is 15.8. The average Bonchev–Trinajstić information content (AvgIpc) is 3.14. The molecule has 146 valence electrons. The minimum absolute atomic E-state index is 0.257. The highest BCUT2D eigenvalue weighted by atomic mass is 16.8. The molecular weight excluding hydrogens is 362 g/mol. The van der Waals surface area contributed by atoms with Crippen LogP contribution in [0.2, 0.25) is 0 Å². The van der Waals surface area contributed by atoms with E-state index in [9.17, 15) is 14.4 Å². The molecule has 0 unspecified atom stereocenters. The van der Waals surface area contributed by atoms with E-state index in [2.05, 4.69) is 0 Å². The molecule has 2 bridgehead atoms. The third kappa shape index (κ3) is 1.98. The van der Waals surface area contributed by atoms with Crippen molar-refractivity contribution in [3.63, 3.8) is 0 Å². The number of ether oxygens (including phenoxy) is 3. The molecule has 2 heterocycles. The second-order valence-corrected chi connectivity index (χ2v) is 8.21. The van der Waals surface area contributed by atoms with Gasteiger partial charge in [0, 0.05) is 11.8 Å². The van der Waals surface area contributed by atoms with Gasteiger partial charge in [0.25, 0.3) is 0 Å². The van der Waals surface area contributed by atoms with Gasteiger partial charge in [-0.2, -0.15) is 0 Å². The molecule has 1 aromatic rings. The molecule has 6 rings (SSSR count). The van der Waals surface area contributed by atoms with E-state index < -0.39 is 47.1 Å². The normalized spacial score (nSPS) is 39.8. The maximum absolute atomic E-state index is 13.4. The van der Waals surface area contributed by atoms with Crippen molar-refractivity contribution in [2.45, 2.75) is 31.3 Å². The molecule has 2 amide bonds. The Morgan fingerprint density at radius 2 is 1.75 bits per heavy atom. The third-order valence-corrected chi connectivity index (χ3v) is 6.35. The van der Waals surface area contributed by atoms with Crippen molar-refractivity contribution < 1.29 is 28.6 Å². The van der Waals surface area contributed by atoms with Crippen LogP contribution in [-0.2, 0) is 28.6 Å². The molecule has 28 heavy (non-hydrogen) atoms. The maximum Gasteiger partial charge on any atom is 0.341 e. The summed E-state index contributed by atoms with van der Waals surface area (Å²) in [6, 6.07) is 8.85. The van der Waals surface area contributed by atoms with Gasteiger partial charge in [0.05, 0.1) is 24.6 Å². The number of anilines is 1. The number of nitrogens with zero attached hydrogens (tertiary/aromatic N) is 1. The number of esters is 1. The maximum atomic E-state index is 13.4. The van der Waals surface area contributed by atoms with Gasteiger partial charge in [-0.15, -0.1) is 0 Å². The lowest BCUT2D eigenvalue weighted by molar-refractivity contribution is -0.200. The summed E-state index contributed by atoms with van der Waals surface area (Å²) in [6.07, 6.45) is 3.03. The predicted octanol–water partition coefficient (Wildman–Crippen LogP) is 1.67. The van der Waals surface area contributed by atoms with Crippen molar-refractivity contribution in [1.82, 2.24) is 0 Å². The average molecular weight is 383 g/mol. The smallest absolute Gasteiger partial charge is 0.341 e. The molecule has 0 N–H and O–H groups in total. The number of benzene rings is 1. The molecular formula is C21H21NO6. The summed E-state index contributed by atoms with van der Waals surface area (Å²) in [5.41, 5.74) is -0.896. The summed E-state index contributed by atoms with van der Waals surface area (Å²) in [5, 5.41) is 0. The van der Waals surface area contributed by atoms with Gasteiger partial charge in [-0.05, 0) is 26.0 Å². The first-order chi connectivity index (χ1) is 13.3. The Morgan fingerprint density at radius 3 is 2.43 bits per heavy atom. The van der Waals surface area contributed by atoms with Crippen molar-refractivity contribution in [1.29, 1.82) is 0 Å². The SMILES string of the molecule is COC(=O)[C@@]12OC(C)(C)O[C@@H]1[C@@H]1C=C[C@H]2[C@@H]2C(=O)N(c3ccccc3)C(=O)[C@H]12. The largest absolute Gasteiger partial charge is 0.467 e. The van der Waals surface area contributed by atoms with E-state index in [0.29, 0.717) is 5.69 Å². The van der Waals surface area contributed by atoms with Crippen LogP contribution in [0.25, 0.3) is 0 Å². The Balaban J connectivity index is 1.64. The van der Waals surface area contributed by atoms with Gasteiger partial charge in [0.15, 0.2) is 5.79 Å². The van der Waals surface area contributed by atoms with Crippen LogP contribution in [-0.4, -0.2) is 42.4 Å². The van der Waals surface area contributed by atoms with Crippen molar-refractivity contribution >= 4 is 23.5 Å². The fourth-order valence-corrected chi connectivity index (χ4v) is 5.47. The van der Waals surface area contributed by atoms with E-state index in [-0.39, 0.29) is 11.8 Å². The number of hydrogen-bond acceptors (Lipinski definition) is 6.